The maximum absolute atomic E-state index is 10.8. The number of carboxylic acids is 1. The number of carbonyl (C=O) groups is 1. The van der Waals surface area contributed by atoms with E-state index >= 15 is 0 Å². The van der Waals surface area contributed by atoms with Gasteiger partial charge in [-0.05, 0) is 32.4 Å². The van der Waals surface area contributed by atoms with Crippen LogP contribution < -0.4 is 10.1 Å². The summed E-state index contributed by atoms with van der Waals surface area (Å²) in [5.74, 6) is -0.540. The average molecular weight is 267 g/mol. The summed E-state index contributed by atoms with van der Waals surface area (Å²) in [5, 5.41) is 21.3. The van der Waals surface area contributed by atoms with E-state index in [9.17, 15) is 9.90 Å². The van der Waals surface area contributed by atoms with Crippen LogP contribution in [0.5, 0.6) is 5.75 Å². The van der Waals surface area contributed by atoms with Crippen LogP contribution in [-0.2, 0) is 4.79 Å². The Morgan fingerprint density at radius 1 is 1.53 bits per heavy atom. The minimum atomic E-state index is -1.80. The number of aliphatic carboxylic acids is 1. The highest BCUT2D eigenvalue weighted by molar-refractivity contribution is 5.77. The first-order chi connectivity index (χ1) is 8.85. The van der Waals surface area contributed by atoms with Crippen LogP contribution in [0.1, 0.15) is 27.2 Å². The van der Waals surface area contributed by atoms with E-state index in [-0.39, 0.29) is 12.6 Å². The molecule has 1 aromatic carbocycles. The van der Waals surface area contributed by atoms with E-state index in [2.05, 4.69) is 5.32 Å². The lowest BCUT2D eigenvalue weighted by atomic mass is 10.1. The molecule has 0 fully saturated rings. The summed E-state index contributed by atoms with van der Waals surface area (Å²) >= 11 is 0. The van der Waals surface area contributed by atoms with Crippen LogP contribution >= 0.6 is 0 Å². The minimum Gasteiger partial charge on any atom is -0.491 e. The minimum absolute atomic E-state index is 0.0743. The molecule has 0 radical (unpaired) electrons. The molecule has 0 spiro atoms. The number of benzene rings is 1. The van der Waals surface area contributed by atoms with Crippen LogP contribution in [0.25, 0.3) is 0 Å². The monoisotopic (exact) mass is 267 g/mol. The van der Waals surface area contributed by atoms with Crippen LogP contribution in [0.2, 0.25) is 0 Å². The molecule has 0 aliphatic heterocycles. The third kappa shape index (κ3) is 4.79. The summed E-state index contributed by atoms with van der Waals surface area (Å²) < 4.78 is 5.66. The van der Waals surface area contributed by atoms with Crippen molar-refractivity contribution in [2.45, 2.75) is 38.9 Å². The van der Waals surface area contributed by atoms with E-state index in [0.717, 1.165) is 6.42 Å². The first-order valence-corrected chi connectivity index (χ1v) is 6.31. The summed E-state index contributed by atoms with van der Waals surface area (Å²) in [7, 11) is 0. The zero-order chi connectivity index (χ0) is 14.5. The second-order valence-corrected chi connectivity index (χ2v) is 4.80. The van der Waals surface area contributed by atoms with E-state index in [4.69, 9.17) is 9.84 Å². The molecule has 0 saturated heterocycles. The van der Waals surface area contributed by atoms with Crippen molar-refractivity contribution in [3.8, 4) is 5.75 Å². The highest BCUT2D eigenvalue weighted by Gasteiger charge is 2.29. The predicted molar refractivity (Wildman–Crippen MR) is 73.6 cm³/mol. The number of aliphatic hydroxyl groups is 1. The molecule has 0 aliphatic carbocycles. The Labute approximate surface area is 113 Å². The molecule has 0 amide bonds. The average Bonchev–Trinajstić information content (AvgIpc) is 2.36. The van der Waals surface area contributed by atoms with Crippen LogP contribution in [0, 0.1) is 0 Å². The molecule has 3 N–H and O–H groups in total. The van der Waals surface area contributed by atoms with Gasteiger partial charge in [0.25, 0.3) is 0 Å². The van der Waals surface area contributed by atoms with Gasteiger partial charge in [0.1, 0.15) is 5.75 Å². The van der Waals surface area contributed by atoms with E-state index in [1.807, 2.05) is 26.0 Å². The number of carboxylic acid groups (broad SMARTS) is 1. The van der Waals surface area contributed by atoms with Crippen molar-refractivity contribution in [2.24, 2.45) is 0 Å². The molecule has 0 aliphatic rings. The van der Waals surface area contributed by atoms with Gasteiger partial charge in [0.15, 0.2) is 5.60 Å². The molecule has 0 aromatic heterocycles. The van der Waals surface area contributed by atoms with Gasteiger partial charge in [-0.15, -0.1) is 0 Å². The molecule has 0 saturated carbocycles. The molecule has 19 heavy (non-hydrogen) atoms. The Bertz CT molecular complexity index is 431. The number of hydrogen-bond acceptors (Lipinski definition) is 4. The van der Waals surface area contributed by atoms with Gasteiger partial charge >= 0.3 is 5.97 Å². The number of nitrogens with one attached hydrogen (secondary N) is 1. The lowest BCUT2D eigenvalue weighted by Crippen LogP contribution is -2.41. The molecular weight excluding hydrogens is 246 g/mol. The number of ether oxygens (including phenoxy) is 1. The van der Waals surface area contributed by atoms with Gasteiger partial charge in [-0.1, -0.05) is 13.0 Å². The van der Waals surface area contributed by atoms with Gasteiger partial charge in [0.2, 0.25) is 0 Å². The maximum Gasteiger partial charge on any atom is 0.337 e. The van der Waals surface area contributed by atoms with E-state index in [0.29, 0.717) is 11.4 Å². The van der Waals surface area contributed by atoms with E-state index in [1.165, 1.54) is 6.92 Å². The van der Waals surface area contributed by atoms with Gasteiger partial charge in [-0.2, -0.15) is 0 Å². The normalized spacial score (nSPS) is 15.4. The summed E-state index contributed by atoms with van der Waals surface area (Å²) in [5.41, 5.74) is -1.09. The Kier molecular flexibility index (Phi) is 5.18. The third-order valence-electron chi connectivity index (χ3n) is 2.84. The molecular formula is C14H21NO4. The smallest absolute Gasteiger partial charge is 0.337 e. The lowest BCUT2D eigenvalue weighted by Gasteiger charge is -2.19. The third-order valence-corrected chi connectivity index (χ3v) is 2.84. The summed E-state index contributed by atoms with van der Waals surface area (Å²) in [6, 6.07) is 7.23. The van der Waals surface area contributed by atoms with Crippen LogP contribution in [0.15, 0.2) is 24.3 Å². The van der Waals surface area contributed by atoms with Crippen molar-refractivity contribution >= 4 is 11.7 Å². The van der Waals surface area contributed by atoms with Gasteiger partial charge in [-0.25, -0.2) is 4.79 Å². The first kappa shape index (κ1) is 15.3. The topological polar surface area (TPSA) is 78.8 Å². The van der Waals surface area contributed by atoms with Crippen molar-refractivity contribution in [3.63, 3.8) is 0 Å². The van der Waals surface area contributed by atoms with Crippen LogP contribution in [0.4, 0.5) is 5.69 Å². The zero-order valence-electron chi connectivity index (χ0n) is 11.5. The van der Waals surface area contributed by atoms with Crippen molar-refractivity contribution in [3.05, 3.63) is 24.3 Å². The highest BCUT2D eigenvalue weighted by Crippen LogP contribution is 2.19. The van der Waals surface area contributed by atoms with Crippen LogP contribution in [-0.4, -0.2) is 34.4 Å². The second-order valence-electron chi connectivity index (χ2n) is 4.80. The Morgan fingerprint density at radius 2 is 2.21 bits per heavy atom. The molecule has 1 aromatic rings. The molecule has 1 rings (SSSR count). The van der Waals surface area contributed by atoms with Crippen molar-refractivity contribution in [2.75, 3.05) is 11.9 Å². The summed E-state index contributed by atoms with van der Waals surface area (Å²) in [6.45, 7) is 5.20. The lowest BCUT2D eigenvalue weighted by molar-refractivity contribution is -0.155. The predicted octanol–water partition coefficient (Wildman–Crippen LogP) is 2.11. The second kappa shape index (κ2) is 6.43. The van der Waals surface area contributed by atoms with Crippen molar-refractivity contribution in [1.82, 2.24) is 0 Å². The SMILES string of the molecule is CCC(C)Oc1cccc(NCC(C)(O)C(=O)O)c1. The number of anilines is 1. The summed E-state index contributed by atoms with van der Waals surface area (Å²) in [4.78, 5) is 10.8. The fourth-order valence-electron chi connectivity index (χ4n) is 1.34. The largest absolute Gasteiger partial charge is 0.491 e. The quantitative estimate of drug-likeness (QED) is 0.705. The number of rotatable bonds is 7. The number of hydrogen-bond donors (Lipinski definition) is 3. The Morgan fingerprint density at radius 3 is 2.79 bits per heavy atom. The van der Waals surface area contributed by atoms with Gasteiger partial charge in [0.05, 0.1) is 12.6 Å². The Balaban J connectivity index is 2.65. The molecule has 5 heteroatoms. The molecule has 0 bridgehead atoms. The molecule has 106 valence electrons. The maximum atomic E-state index is 10.8. The first-order valence-electron chi connectivity index (χ1n) is 6.31. The summed E-state index contributed by atoms with van der Waals surface area (Å²) in [6.07, 6.45) is 1.03. The van der Waals surface area contributed by atoms with Crippen LogP contribution in [0.3, 0.4) is 0 Å². The van der Waals surface area contributed by atoms with Gasteiger partial charge < -0.3 is 20.3 Å². The van der Waals surface area contributed by atoms with Crippen molar-refractivity contribution in [1.29, 1.82) is 0 Å². The highest BCUT2D eigenvalue weighted by atomic mass is 16.5. The van der Waals surface area contributed by atoms with E-state index < -0.39 is 11.6 Å². The fraction of sp³-hybridized carbons (Fsp3) is 0.500. The molecule has 5 nitrogen and oxygen atoms in total. The molecule has 2 atom stereocenters. The van der Waals surface area contributed by atoms with Crippen molar-refractivity contribution < 1.29 is 19.7 Å². The standard InChI is InChI=1S/C14H21NO4/c1-4-10(2)19-12-7-5-6-11(8-12)15-9-14(3,18)13(16)17/h5-8,10,15,18H,4,9H2,1-3H3,(H,16,17). The fourth-order valence-corrected chi connectivity index (χ4v) is 1.34. The molecule has 2 unspecified atom stereocenters. The van der Waals surface area contributed by atoms with E-state index in [1.54, 1.807) is 12.1 Å². The Hall–Kier alpha value is -1.75. The molecule has 0 heterocycles. The van der Waals surface area contributed by atoms with Gasteiger partial charge in [0, 0.05) is 11.8 Å². The zero-order valence-corrected chi connectivity index (χ0v) is 11.5. The van der Waals surface area contributed by atoms with Gasteiger partial charge in [-0.3, -0.25) is 0 Å².